The Morgan fingerprint density at radius 1 is 1.44 bits per heavy atom. The predicted octanol–water partition coefficient (Wildman–Crippen LogP) is 3.28. The fourth-order valence-corrected chi connectivity index (χ4v) is 2.02. The van der Waals surface area contributed by atoms with Gasteiger partial charge in [-0.15, -0.1) is 11.8 Å². The maximum absolute atomic E-state index is 10.6. The van der Waals surface area contributed by atoms with Crippen molar-refractivity contribution < 1.29 is 9.53 Å². The van der Waals surface area contributed by atoms with Crippen LogP contribution in [0.4, 0.5) is 4.79 Å². The van der Waals surface area contributed by atoms with Gasteiger partial charge < -0.3 is 10.5 Å². The van der Waals surface area contributed by atoms with Crippen LogP contribution in [-0.4, -0.2) is 11.8 Å². The number of nitrogens with two attached hydrogens (primary N) is 1. The van der Waals surface area contributed by atoms with Gasteiger partial charge in [0.1, 0.15) is 5.75 Å². The van der Waals surface area contributed by atoms with Gasteiger partial charge in [0.2, 0.25) is 0 Å². The van der Waals surface area contributed by atoms with Gasteiger partial charge in [-0.2, -0.15) is 0 Å². The highest BCUT2D eigenvalue weighted by Gasteiger charge is 2.10. The summed E-state index contributed by atoms with van der Waals surface area (Å²) in [5, 5.41) is 0. The molecule has 1 amide bonds. The van der Waals surface area contributed by atoms with Gasteiger partial charge in [0.25, 0.3) is 0 Å². The van der Waals surface area contributed by atoms with E-state index < -0.39 is 6.09 Å². The molecule has 0 radical (unpaired) electrons. The van der Waals surface area contributed by atoms with Crippen LogP contribution in [-0.2, 0) is 0 Å². The molecule has 0 heterocycles. The minimum atomic E-state index is -0.780. The highest BCUT2D eigenvalue weighted by Crippen LogP contribution is 2.29. The first kappa shape index (κ1) is 12.9. The molecular weight excluding hydrogens is 222 g/mol. The summed E-state index contributed by atoms with van der Waals surface area (Å²) in [7, 11) is 0. The largest absolute Gasteiger partial charge is 0.410 e. The van der Waals surface area contributed by atoms with E-state index >= 15 is 0 Å². The molecule has 4 heteroatoms. The molecule has 0 unspecified atom stereocenters. The number of hydrogen-bond donors (Lipinski definition) is 1. The first-order valence-corrected chi connectivity index (χ1v) is 6.05. The maximum Gasteiger partial charge on any atom is 0.409 e. The quantitative estimate of drug-likeness (QED) is 0.823. The van der Waals surface area contributed by atoms with Gasteiger partial charge >= 0.3 is 6.09 Å². The summed E-state index contributed by atoms with van der Waals surface area (Å²) >= 11 is 1.74. The Kier molecular flexibility index (Phi) is 4.24. The Morgan fingerprint density at radius 3 is 2.69 bits per heavy atom. The van der Waals surface area contributed by atoms with Gasteiger partial charge in [-0.3, -0.25) is 0 Å². The molecule has 0 aromatic heterocycles. The Morgan fingerprint density at radius 2 is 2.12 bits per heavy atom. The van der Waals surface area contributed by atoms with Crippen molar-refractivity contribution >= 4 is 17.9 Å². The topological polar surface area (TPSA) is 52.3 Å². The van der Waals surface area contributed by atoms with Gasteiger partial charge in [0.05, 0.1) is 0 Å². The first-order valence-electron chi connectivity index (χ1n) is 5.07. The third kappa shape index (κ3) is 5.07. The summed E-state index contributed by atoms with van der Waals surface area (Å²) in [4.78, 5) is 11.7. The van der Waals surface area contributed by atoms with Crippen LogP contribution in [0.2, 0.25) is 0 Å². The molecule has 0 spiro atoms. The van der Waals surface area contributed by atoms with E-state index in [-0.39, 0.29) is 5.41 Å². The van der Waals surface area contributed by atoms with Crippen molar-refractivity contribution in [1.82, 2.24) is 0 Å². The van der Waals surface area contributed by atoms with Crippen LogP contribution in [0.5, 0.6) is 5.75 Å². The van der Waals surface area contributed by atoms with E-state index in [1.165, 1.54) is 0 Å². The van der Waals surface area contributed by atoms with Crippen molar-refractivity contribution in [2.75, 3.05) is 5.75 Å². The van der Waals surface area contributed by atoms with Crippen molar-refractivity contribution in [2.45, 2.75) is 25.7 Å². The van der Waals surface area contributed by atoms with E-state index in [0.29, 0.717) is 5.75 Å². The van der Waals surface area contributed by atoms with Crippen molar-refractivity contribution in [1.29, 1.82) is 0 Å². The van der Waals surface area contributed by atoms with Crippen LogP contribution in [0.3, 0.4) is 0 Å². The second kappa shape index (κ2) is 5.25. The molecule has 0 saturated carbocycles. The normalized spacial score (nSPS) is 11.2. The highest BCUT2D eigenvalue weighted by atomic mass is 32.2. The van der Waals surface area contributed by atoms with Crippen LogP contribution in [0.15, 0.2) is 29.2 Å². The van der Waals surface area contributed by atoms with Crippen molar-refractivity contribution in [2.24, 2.45) is 11.1 Å². The number of carbonyl (C=O) groups excluding carboxylic acids is 1. The lowest BCUT2D eigenvalue weighted by Gasteiger charge is -2.17. The second-order valence-corrected chi connectivity index (χ2v) is 5.79. The van der Waals surface area contributed by atoms with Crippen LogP contribution >= 0.6 is 11.8 Å². The average Bonchev–Trinajstić information content (AvgIpc) is 2.13. The van der Waals surface area contributed by atoms with E-state index in [1.54, 1.807) is 17.8 Å². The predicted molar refractivity (Wildman–Crippen MR) is 66.8 cm³/mol. The van der Waals surface area contributed by atoms with E-state index in [9.17, 15) is 4.79 Å². The lowest BCUT2D eigenvalue weighted by Crippen LogP contribution is -2.16. The van der Waals surface area contributed by atoms with Crippen LogP contribution < -0.4 is 10.5 Å². The monoisotopic (exact) mass is 239 g/mol. The molecule has 0 aliphatic carbocycles. The fourth-order valence-electron chi connectivity index (χ4n) is 1.04. The van der Waals surface area contributed by atoms with Gasteiger partial charge in [-0.1, -0.05) is 26.8 Å². The molecule has 0 bridgehead atoms. The number of carbonyl (C=O) groups is 1. The van der Waals surface area contributed by atoms with Gasteiger partial charge in [-0.25, -0.2) is 4.79 Å². The highest BCUT2D eigenvalue weighted by molar-refractivity contribution is 7.99. The number of rotatable bonds is 3. The molecule has 3 nitrogen and oxygen atoms in total. The first-order chi connectivity index (χ1) is 7.37. The Labute approximate surface area is 100 Å². The maximum atomic E-state index is 10.6. The number of benzene rings is 1. The molecule has 1 aromatic carbocycles. The minimum Gasteiger partial charge on any atom is -0.410 e. The van der Waals surface area contributed by atoms with Crippen molar-refractivity contribution in [3.8, 4) is 5.75 Å². The third-order valence-corrected chi connectivity index (χ3v) is 3.29. The summed E-state index contributed by atoms with van der Waals surface area (Å²) in [5.41, 5.74) is 5.22. The SMILES string of the molecule is CC(C)(C)CSc1cccc(OC(N)=O)c1. The lowest BCUT2D eigenvalue weighted by molar-refractivity contribution is 0.211. The number of thioether (sulfide) groups is 1. The van der Waals surface area contributed by atoms with Gasteiger partial charge in [0, 0.05) is 10.6 Å². The minimum absolute atomic E-state index is 0.269. The Bertz CT molecular complexity index is 372. The standard InChI is InChI=1S/C12H17NO2S/c1-12(2,3)8-16-10-6-4-5-9(7-10)15-11(13)14/h4-7H,8H2,1-3H3,(H2,13,14). The van der Waals surface area contributed by atoms with E-state index in [2.05, 4.69) is 20.8 Å². The molecular formula is C12H17NO2S. The van der Waals surface area contributed by atoms with Crippen LogP contribution in [0, 0.1) is 5.41 Å². The molecule has 0 fully saturated rings. The van der Waals surface area contributed by atoms with E-state index in [4.69, 9.17) is 10.5 Å². The summed E-state index contributed by atoms with van der Waals surface area (Å²) < 4.78 is 4.81. The molecule has 88 valence electrons. The van der Waals surface area contributed by atoms with E-state index in [0.717, 1.165) is 10.6 Å². The fraction of sp³-hybridized carbons (Fsp3) is 0.417. The summed E-state index contributed by atoms with van der Waals surface area (Å²) in [5.74, 6) is 1.50. The number of ether oxygens (including phenoxy) is 1. The number of hydrogen-bond acceptors (Lipinski definition) is 3. The molecule has 1 rings (SSSR count). The number of primary amides is 1. The van der Waals surface area contributed by atoms with E-state index in [1.807, 2.05) is 18.2 Å². The second-order valence-electron chi connectivity index (χ2n) is 4.75. The van der Waals surface area contributed by atoms with Gasteiger partial charge in [0.15, 0.2) is 0 Å². The van der Waals surface area contributed by atoms with Gasteiger partial charge in [-0.05, 0) is 23.6 Å². The Hall–Kier alpha value is -1.16. The molecule has 2 N–H and O–H groups in total. The number of amides is 1. The van der Waals surface area contributed by atoms with Crippen molar-refractivity contribution in [3.05, 3.63) is 24.3 Å². The Balaban J connectivity index is 2.64. The lowest BCUT2D eigenvalue weighted by atomic mass is 10.0. The summed E-state index contributed by atoms with van der Waals surface area (Å²) in [6.07, 6.45) is -0.780. The summed E-state index contributed by atoms with van der Waals surface area (Å²) in [6, 6.07) is 7.38. The smallest absolute Gasteiger partial charge is 0.409 e. The van der Waals surface area contributed by atoms with Crippen LogP contribution in [0.1, 0.15) is 20.8 Å². The zero-order valence-corrected chi connectivity index (χ0v) is 10.6. The summed E-state index contributed by atoms with van der Waals surface area (Å²) in [6.45, 7) is 6.55. The zero-order valence-electron chi connectivity index (χ0n) is 9.82. The molecule has 16 heavy (non-hydrogen) atoms. The third-order valence-electron chi connectivity index (χ3n) is 1.70. The molecule has 0 saturated heterocycles. The molecule has 1 aromatic rings. The van der Waals surface area contributed by atoms with Crippen molar-refractivity contribution in [3.63, 3.8) is 0 Å². The molecule has 0 aliphatic rings. The zero-order chi connectivity index (χ0) is 12.2. The molecule has 0 atom stereocenters. The average molecular weight is 239 g/mol. The molecule has 0 aliphatic heterocycles. The van der Waals surface area contributed by atoms with Crippen LogP contribution in [0.25, 0.3) is 0 Å².